The van der Waals surface area contributed by atoms with Crippen molar-refractivity contribution < 1.29 is 4.79 Å². The zero-order valence-electron chi connectivity index (χ0n) is 13.2. The van der Waals surface area contributed by atoms with Crippen molar-refractivity contribution in [1.82, 2.24) is 9.55 Å². The molecule has 0 unspecified atom stereocenters. The van der Waals surface area contributed by atoms with Crippen LogP contribution < -0.4 is 5.73 Å². The summed E-state index contributed by atoms with van der Waals surface area (Å²) >= 11 is 1.61. The fraction of sp³-hybridized carbons (Fsp3) is 0.222. The van der Waals surface area contributed by atoms with Crippen LogP contribution in [0.25, 0.3) is 11.4 Å². The molecule has 2 aromatic heterocycles. The van der Waals surface area contributed by atoms with Gasteiger partial charge in [-0.15, -0.1) is 11.3 Å². The summed E-state index contributed by atoms with van der Waals surface area (Å²) in [6, 6.07) is 12.2. The Morgan fingerprint density at radius 1 is 1.26 bits per heavy atom. The molecule has 3 aromatic rings. The van der Waals surface area contributed by atoms with Crippen molar-refractivity contribution in [2.45, 2.75) is 26.8 Å². The summed E-state index contributed by atoms with van der Waals surface area (Å²) in [4.78, 5) is 16.2. The molecule has 1 aromatic carbocycles. The molecule has 0 fully saturated rings. The van der Waals surface area contributed by atoms with Crippen LogP contribution in [0.15, 0.2) is 41.8 Å². The van der Waals surface area contributed by atoms with E-state index in [-0.39, 0.29) is 0 Å². The third kappa shape index (κ3) is 3.19. The fourth-order valence-electron chi connectivity index (χ4n) is 2.76. The Kier molecular flexibility index (Phi) is 4.30. The highest BCUT2D eigenvalue weighted by atomic mass is 32.1. The van der Waals surface area contributed by atoms with Crippen molar-refractivity contribution in [3.8, 4) is 11.4 Å². The Morgan fingerprint density at radius 2 is 2.00 bits per heavy atom. The average Bonchev–Trinajstić information content (AvgIpc) is 3.10. The second-order valence-corrected chi connectivity index (χ2v) is 6.59. The molecular weight excluding hydrogens is 306 g/mol. The molecule has 23 heavy (non-hydrogen) atoms. The molecule has 0 radical (unpaired) electrons. The third-order valence-corrected chi connectivity index (χ3v) is 4.75. The molecule has 0 aliphatic rings. The fourth-order valence-corrected chi connectivity index (χ4v) is 3.37. The van der Waals surface area contributed by atoms with Crippen molar-refractivity contribution in [3.05, 3.63) is 63.6 Å². The minimum atomic E-state index is -0.394. The maximum atomic E-state index is 11.7. The summed E-state index contributed by atoms with van der Waals surface area (Å²) in [5, 5.41) is 3.03. The molecule has 0 bridgehead atoms. The molecule has 2 heterocycles. The van der Waals surface area contributed by atoms with E-state index < -0.39 is 5.91 Å². The minimum absolute atomic E-state index is 0.394. The summed E-state index contributed by atoms with van der Waals surface area (Å²) in [7, 11) is 0. The molecule has 0 atom stereocenters. The first-order valence-electron chi connectivity index (χ1n) is 7.52. The molecule has 3 rings (SSSR count). The maximum absolute atomic E-state index is 11.7. The second kappa shape index (κ2) is 6.38. The van der Waals surface area contributed by atoms with E-state index in [9.17, 15) is 4.79 Å². The van der Waals surface area contributed by atoms with Gasteiger partial charge < -0.3 is 10.3 Å². The number of hydrogen-bond donors (Lipinski definition) is 1. The molecular formula is C18H19N3OS. The quantitative estimate of drug-likeness (QED) is 0.779. The first-order valence-corrected chi connectivity index (χ1v) is 8.40. The van der Waals surface area contributed by atoms with Gasteiger partial charge >= 0.3 is 0 Å². The maximum Gasteiger partial charge on any atom is 0.250 e. The second-order valence-electron chi connectivity index (χ2n) is 5.53. The topological polar surface area (TPSA) is 60.9 Å². The van der Waals surface area contributed by atoms with Crippen molar-refractivity contribution >= 4 is 17.2 Å². The van der Waals surface area contributed by atoms with Crippen LogP contribution in [-0.2, 0) is 13.0 Å². The number of aromatic nitrogens is 2. The number of amides is 1. The highest BCUT2D eigenvalue weighted by molar-refractivity contribution is 7.09. The van der Waals surface area contributed by atoms with Gasteiger partial charge in [0, 0.05) is 17.6 Å². The van der Waals surface area contributed by atoms with Gasteiger partial charge in [-0.05, 0) is 31.9 Å². The lowest BCUT2D eigenvalue weighted by atomic mass is 10.1. The van der Waals surface area contributed by atoms with E-state index in [1.165, 1.54) is 5.56 Å². The molecule has 0 spiro atoms. The molecule has 0 aliphatic carbocycles. The highest BCUT2D eigenvalue weighted by Gasteiger charge is 2.18. The average molecular weight is 325 g/mol. The molecule has 118 valence electrons. The first-order chi connectivity index (χ1) is 11.1. The summed E-state index contributed by atoms with van der Waals surface area (Å²) < 4.78 is 2.14. The molecule has 5 heteroatoms. The number of carbonyl (C=O) groups excluding carboxylic acids is 1. The van der Waals surface area contributed by atoms with Gasteiger partial charge in [0.25, 0.3) is 5.91 Å². The Labute approximate surface area is 139 Å². The normalized spacial score (nSPS) is 10.9. The van der Waals surface area contributed by atoms with Crippen LogP contribution in [0, 0.1) is 13.8 Å². The van der Waals surface area contributed by atoms with E-state index in [4.69, 9.17) is 5.73 Å². The van der Waals surface area contributed by atoms with Crippen LogP contribution in [0.4, 0.5) is 0 Å². The monoisotopic (exact) mass is 325 g/mol. The van der Waals surface area contributed by atoms with E-state index >= 15 is 0 Å². The number of thiazole rings is 1. The molecule has 1 amide bonds. The Bertz CT molecular complexity index is 833. The number of nitrogens with zero attached hydrogens (tertiary/aromatic N) is 2. The van der Waals surface area contributed by atoms with Crippen LogP contribution in [-0.4, -0.2) is 15.5 Å². The predicted molar refractivity (Wildman–Crippen MR) is 93.7 cm³/mol. The number of benzene rings is 1. The minimum Gasteiger partial charge on any atom is -0.366 e. The van der Waals surface area contributed by atoms with Gasteiger partial charge in [0.1, 0.15) is 0 Å². The Hall–Kier alpha value is -2.40. The lowest BCUT2D eigenvalue weighted by Crippen LogP contribution is -2.13. The van der Waals surface area contributed by atoms with E-state index in [0.29, 0.717) is 5.56 Å². The number of carbonyl (C=O) groups is 1. The van der Waals surface area contributed by atoms with Gasteiger partial charge in [0.05, 0.1) is 22.0 Å². The molecule has 0 saturated heterocycles. The SMILES string of the molecule is Cc1nc(-c2cc(C(N)=O)c(C)n2CCc2ccccc2)cs1. The van der Waals surface area contributed by atoms with Crippen LogP contribution in [0.5, 0.6) is 0 Å². The molecule has 0 aliphatic heterocycles. The van der Waals surface area contributed by atoms with Gasteiger partial charge in [-0.3, -0.25) is 4.79 Å². The zero-order valence-corrected chi connectivity index (χ0v) is 14.1. The van der Waals surface area contributed by atoms with Gasteiger partial charge in [-0.2, -0.15) is 0 Å². The van der Waals surface area contributed by atoms with E-state index in [0.717, 1.165) is 35.1 Å². The van der Waals surface area contributed by atoms with E-state index in [1.807, 2.05) is 43.5 Å². The summed E-state index contributed by atoms with van der Waals surface area (Å²) in [5.41, 5.74) is 10.1. The van der Waals surface area contributed by atoms with Crippen molar-refractivity contribution in [2.24, 2.45) is 5.73 Å². The van der Waals surface area contributed by atoms with Gasteiger partial charge in [-0.25, -0.2) is 4.98 Å². The van der Waals surface area contributed by atoms with Crippen molar-refractivity contribution in [1.29, 1.82) is 0 Å². The summed E-state index contributed by atoms with van der Waals surface area (Å²) in [6.07, 6.45) is 0.894. The highest BCUT2D eigenvalue weighted by Crippen LogP contribution is 2.27. The number of primary amides is 1. The van der Waals surface area contributed by atoms with Crippen LogP contribution in [0.2, 0.25) is 0 Å². The van der Waals surface area contributed by atoms with Crippen LogP contribution in [0.1, 0.15) is 26.6 Å². The van der Waals surface area contributed by atoms with Crippen LogP contribution >= 0.6 is 11.3 Å². The predicted octanol–water partition coefficient (Wildman–Crippen LogP) is 3.57. The Balaban J connectivity index is 1.98. The van der Waals surface area contributed by atoms with Gasteiger partial charge in [0.15, 0.2) is 0 Å². The number of nitrogens with two attached hydrogens (primary N) is 1. The Morgan fingerprint density at radius 3 is 2.61 bits per heavy atom. The number of hydrogen-bond acceptors (Lipinski definition) is 3. The lowest BCUT2D eigenvalue weighted by Gasteiger charge is -2.11. The molecule has 0 saturated carbocycles. The first kappa shape index (κ1) is 15.5. The third-order valence-electron chi connectivity index (χ3n) is 3.98. The smallest absolute Gasteiger partial charge is 0.250 e. The van der Waals surface area contributed by atoms with E-state index in [2.05, 4.69) is 21.7 Å². The zero-order chi connectivity index (χ0) is 16.4. The van der Waals surface area contributed by atoms with E-state index in [1.54, 1.807) is 11.3 Å². The molecule has 4 nitrogen and oxygen atoms in total. The van der Waals surface area contributed by atoms with Crippen LogP contribution in [0.3, 0.4) is 0 Å². The number of rotatable bonds is 5. The number of aryl methyl sites for hydroxylation is 2. The lowest BCUT2D eigenvalue weighted by molar-refractivity contribution is 0.0999. The summed E-state index contributed by atoms with van der Waals surface area (Å²) in [5.74, 6) is -0.394. The standard InChI is InChI=1S/C18H19N3OS/c1-12-15(18(19)22)10-17(16-11-23-13(2)20-16)21(12)9-8-14-6-4-3-5-7-14/h3-7,10-11H,8-9H2,1-2H3,(H2,19,22). The van der Waals surface area contributed by atoms with Gasteiger partial charge in [0.2, 0.25) is 0 Å². The van der Waals surface area contributed by atoms with Crippen molar-refractivity contribution in [2.75, 3.05) is 0 Å². The molecule has 2 N–H and O–H groups in total. The van der Waals surface area contributed by atoms with Gasteiger partial charge in [-0.1, -0.05) is 30.3 Å². The summed E-state index contributed by atoms with van der Waals surface area (Å²) in [6.45, 7) is 4.70. The van der Waals surface area contributed by atoms with Crippen molar-refractivity contribution in [3.63, 3.8) is 0 Å². The largest absolute Gasteiger partial charge is 0.366 e.